The molecule has 0 aromatic carbocycles. The van der Waals surface area contributed by atoms with Crippen molar-refractivity contribution in [2.45, 2.75) is 82.4 Å². The summed E-state index contributed by atoms with van der Waals surface area (Å²) in [6.45, 7) is 3.19. The van der Waals surface area contributed by atoms with Crippen LogP contribution in [0.3, 0.4) is 0 Å². The average molecular weight is 285 g/mol. The van der Waals surface area contributed by atoms with Gasteiger partial charge in [-0.15, -0.1) is 0 Å². The molecular formula is C16H31NOS. The summed E-state index contributed by atoms with van der Waals surface area (Å²) in [6, 6.07) is 0.507. The predicted octanol–water partition coefficient (Wildman–Crippen LogP) is 3.63. The van der Waals surface area contributed by atoms with Crippen molar-refractivity contribution in [1.82, 2.24) is 5.32 Å². The molecule has 0 saturated heterocycles. The Hall–Kier alpha value is 0.110. The molecule has 2 aliphatic rings. The highest BCUT2D eigenvalue weighted by Gasteiger charge is 2.29. The van der Waals surface area contributed by atoms with Crippen LogP contribution in [0.4, 0.5) is 0 Å². The van der Waals surface area contributed by atoms with Gasteiger partial charge in [-0.3, -0.25) is 4.21 Å². The normalized spacial score (nSPS) is 31.8. The lowest BCUT2D eigenvalue weighted by atomic mass is 9.96. The molecule has 0 heterocycles. The minimum absolute atomic E-state index is 0.417. The van der Waals surface area contributed by atoms with E-state index in [0.717, 1.165) is 18.2 Å². The zero-order valence-corrected chi connectivity index (χ0v) is 13.4. The zero-order valence-electron chi connectivity index (χ0n) is 12.5. The van der Waals surface area contributed by atoms with Gasteiger partial charge in [-0.05, 0) is 38.1 Å². The van der Waals surface area contributed by atoms with Crippen molar-refractivity contribution >= 4 is 10.8 Å². The van der Waals surface area contributed by atoms with E-state index < -0.39 is 10.8 Å². The minimum Gasteiger partial charge on any atom is -0.313 e. The quantitative estimate of drug-likeness (QED) is 0.836. The van der Waals surface area contributed by atoms with Crippen LogP contribution in [-0.2, 0) is 10.8 Å². The van der Waals surface area contributed by atoms with Crippen LogP contribution in [0, 0.1) is 5.92 Å². The number of hydrogen-bond donors (Lipinski definition) is 1. The van der Waals surface area contributed by atoms with E-state index in [1.54, 1.807) is 0 Å². The molecular weight excluding hydrogens is 254 g/mol. The lowest BCUT2D eigenvalue weighted by Crippen LogP contribution is -2.43. The second-order valence-corrected chi connectivity index (χ2v) is 8.09. The molecule has 0 spiro atoms. The van der Waals surface area contributed by atoms with E-state index in [4.69, 9.17) is 0 Å². The van der Waals surface area contributed by atoms with E-state index >= 15 is 0 Å². The molecule has 0 aromatic rings. The Morgan fingerprint density at radius 1 is 0.947 bits per heavy atom. The summed E-state index contributed by atoms with van der Waals surface area (Å²) in [4.78, 5) is 0. The van der Waals surface area contributed by atoms with E-state index in [1.165, 1.54) is 64.2 Å². The Balaban J connectivity index is 1.92. The fourth-order valence-electron chi connectivity index (χ4n) is 3.79. The van der Waals surface area contributed by atoms with Gasteiger partial charge in [-0.2, -0.15) is 0 Å². The van der Waals surface area contributed by atoms with E-state index in [2.05, 4.69) is 12.2 Å². The third kappa shape index (κ3) is 4.86. The summed E-state index contributed by atoms with van der Waals surface area (Å²) in [7, 11) is -0.609. The molecule has 0 amide bonds. The van der Waals surface area contributed by atoms with Crippen LogP contribution in [0.5, 0.6) is 0 Å². The molecule has 2 fully saturated rings. The van der Waals surface area contributed by atoms with E-state index in [0.29, 0.717) is 11.3 Å². The molecule has 3 atom stereocenters. The van der Waals surface area contributed by atoms with Crippen molar-refractivity contribution in [2.75, 3.05) is 12.3 Å². The van der Waals surface area contributed by atoms with Gasteiger partial charge >= 0.3 is 0 Å². The first-order valence-electron chi connectivity index (χ1n) is 8.41. The molecule has 2 saturated carbocycles. The van der Waals surface area contributed by atoms with Gasteiger partial charge in [-0.1, -0.05) is 45.4 Å². The predicted molar refractivity (Wildman–Crippen MR) is 83.9 cm³/mol. The standard InChI is InChI=1S/C16H31NOS/c1-2-17-15-11-5-3-4-6-12-16(15)19(18)13-14-9-7-8-10-14/h14-17H,2-13H2,1H3. The largest absolute Gasteiger partial charge is 0.313 e. The van der Waals surface area contributed by atoms with Crippen molar-refractivity contribution in [3.05, 3.63) is 0 Å². The van der Waals surface area contributed by atoms with Crippen LogP contribution in [0.15, 0.2) is 0 Å². The number of hydrogen-bond acceptors (Lipinski definition) is 2. The van der Waals surface area contributed by atoms with Gasteiger partial charge in [0.05, 0.1) is 5.25 Å². The summed E-state index contributed by atoms with van der Waals surface area (Å²) in [5.74, 6) is 1.74. The Kier molecular flexibility index (Phi) is 6.86. The molecule has 3 heteroatoms. The van der Waals surface area contributed by atoms with E-state index in [1.807, 2.05) is 0 Å². The third-order valence-electron chi connectivity index (χ3n) is 4.88. The Morgan fingerprint density at radius 2 is 1.58 bits per heavy atom. The fraction of sp³-hybridized carbons (Fsp3) is 1.00. The first kappa shape index (κ1) is 15.5. The molecule has 3 unspecified atom stereocenters. The van der Waals surface area contributed by atoms with Crippen molar-refractivity contribution in [1.29, 1.82) is 0 Å². The third-order valence-corrected chi connectivity index (χ3v) is 6.92. The van der Waals surface area contributed by atoms with Crippen LogP contribution in [-0.4, -0.2) is 27.8 Å². The summed E-state index contributed by atoms with van der Waals surface area (Å²) < 4.78 is 12.8. The smallest absolute Gasteiger partial charge is 0.0501 e. The maximum atomic E-state index is 12.8. The highest BCUT2D eigenvalue weighted by atomic mass is 32.2. The SMILES string of the molecule is CCNC1CCCCCCC1S(=O)CC1CCCC1. The molecule has 0 aromatic heterocycles. The first-order chi connectivity index (χ1) is 9.31. The summed E-state index contributed by atoms with van der Waals surface area (Å²) in [6.07, 6.45) is 13.1. The Morgan fingerprint density at radius 3 is 2.26 bits per heavy atom. The van der Waals surface area contributed by atoms with Crippen molar-refractivity contribution in [2.24, 2.45) is 5.92 Å². The topological polar surface area (TPSA) is 29.1 Å². The average Bonchev–Trinajstić information content (AvgIpc) is 2.85. The molecule has 0 aliphatic heterocycles. The second kappa shape index (κ2) is 8.41. The molecule has 1 N–H and O–H groups in total. The number of rotatable bonds is 5. The minimum atomic E-state index is -0.609. The zero-order chi connectivity index (χ0) is 13.5. The van der Waals surface area contributed by atoms with Crippen molar-refractivity contribution in [3.8, 4) is 0 Å². The second-order valence-electron chi connectivity index (χ2n) is 6.39. The van der Waals surface area contributed by atoms with Crippen LogP contribution >= 0.6 is 0 Å². The monoisotopic (exact) mass is 285 g/mol. The highest BCUT2D eigenvalue weighted by Crippen LogP contribution is 2.28. The number of nitrogens with one attached hydrogen (secondary N) is 1. The summed E-state index contributed by atoms with van der Waals surface area (Å²) in [5.41, 5.74) is 0. The Labute approximate surface area is 121 Å². The van der Waals surface area contributed by atoms with Crippen molar-refractivity contribution < 1.29 is 4.21 Å². The molecule has 0 bridgehead atoms. The van der Waals surface area contributed by atoms with Crippen LogP contribution < -0.4 is 5.32 Å². The Bertz CT molecular complexity index is 276. The van der Waals surface area contributed by atoms with Gasteiger partial charge in [-0.25, -0.2) is 0 Å². The van der Waals surface area contributed by atoms with Gasteiger partial charge in [0.15, 0.2) is 0 Å². The maximum Gasteiger partial charge on any atom is 0.0501 e. The first-order valence-corrected chi connectivity index (χ1v) is 9.80. The van der Waals surface area contributed by atoms with Crippen LogP contribution in [0.2, 0.25) is 0 Å². The van der Waals surface area contributed by atoms with Gasteiger partial charge in [0, 0.05) is 22.6 Å². The van der Waals surface area contributed by atoms with Crippen LogP contribution in [0.1, 0.15) is 71.1 Å². The molecule has 0 radical (unpaired) electrons. The molecule has 19 heavy (non-hydrogen) atoms. The molecule has 2 rings (SSSR count). The fourth-order valence-corrected chi connectivity index (χ4v) is 5.87. The maximum absolute atomic E-state index is 12.8. The highest BCUT2D eigenvalue weighted by molar-refractivity contribution is 7.85. The molecule has 112 valence electrons. The summed E-state index contributed by atoms with van der Waals surface area (Å²) >= 11 is 0. The van der Waals surface area contributed by atoms with Gasteiger partial charge in [0.25, 0.3) is 0 Å². The molecule has 2 nitrogen and oxygen atoms in total. The lowest BCUT2D eigenvalue weighted by Gasteiger charge is -2.30. The molecule has 2 aliphatic carbocycles. The van der Waals surface area contributed by atoms with Crippen LogP contribution in [0.25, 0.3) is 0 Å². The van der Waals surface area contributed by atoms with E-state index in [-0.39, 0.29) is 0 Å². The van der Waals surface area contributed by atoms with Gasteiger partial charge in [0.2, 0.25) is 0 Å². The summed E-state index contributed by atoms with van der Waals surface area (Å²) in [5, 5.41) is 4.03. The lowest BCUT2D eigenvalue weighted by molar-refractivity contribution is 0.399. The van der Waals surface area contributed by atoms with E-state index in [9.17, 15) is 4.21 Å². The van der Waals surface area contributed by atoms with Gasteiger partial charge < -0.3 is 5.32 Å². The van der Waals surface area contributed by atoms with Crippen molar-refractivity contribution in [3.63, 3.8) is 0 Å². The van der Waals surface area contributed by atoms with Gasteiger partial charge in [0.1, 0.15) is 0 Å².